The normalized spacial score (nSPS) is 11.2. The van der Waals surface area contributed by atoms with Crippen LogP contribution in [0.1, 0.15) is 29.5 Å². The first-order valence-corrected chi connectivity index (χ1v) is 9.11. The fraction of sp³-hybridized carbons (Fsp3) is 0.364. The van der Waals surface area contributed by atoms with Gasteiger partial charge >= 0.3 is 0 Å². The Morgan fingerprint density at radius 2 is 1.84 bits per heavy atom. The van der Waals surface area contributed by atoms with Crippen LogP contribution in [0.25, 0.3) is 22.2 Å². The molecule has 0 aliphatic heterocycles. The summed E-state index contributed by atoms with van der Waals surface area (Å²) in [6.45, 7) is 5.12. The van der Waals surface area contributed by atoms with Gasteiger partial charge in [-0.05, 0) is 69.0 Å². The third kappa shape index (κ3) is 3.57. The number of aromatic amines is 1. The van der Waals surface area contributed by atoms with Crippen molar-refractivity contribution in [2.45, 2.75) is 33.1 Å². The number of H-pyrrole nitrogens is 1. The largest absolute Gasteiger partial charge is 0.378 e. The van der Waals surface area contributed by atoms with Gasteiger partial charge < -0.3 is 15.6 Å². The lowest BCUT2D eigenvalue weighted by Gasteiger charge is -2.14. The van der Waals surface area contributed by atoms with Crippen molar-refractivity contribution in [3.8, 4) is 11.3 Å². The first-order chi connectivity index (χ1) is 12.0. The van der Waals surface area contributed by atoms with E-state index in [1.807, 2.05) is 0 Å². The maximum Gasteiger partial charge on any atom is 0.0498 e. The summed E-state index contributed by atoms with van der Waals surface area (Å²) in [6.07, 6.45) is 3.24. The number of hydrogen-bond acceptors (Lipinski definition) is 2. The van der Waals surface area contributed by atoms with Crippen LogP contribution in [0.2, 0.25) is 0 Å². The van der Waals surface area contributed by atoms with Crippen LogP contribution in [0.4, 0.5) is 5.69 Å². The van der Waals surface area contributed by atoms with Crippen molar-refractivity contribution in [2.24, 2.45) is 5.73 Å². The summed E-state index contributed by atoms with van der Waals surface area (Å²) in [6, 6.07) is 13.3. The molecule has 0 spiro atoms. The highest BCUT2D eigenvalue weighted by atomic mass is 15.1. The van der Waals surface area contributed by atoms with Crippen LogP contribution in [-0.2, 0) is 6.42 Å². The van der Waals surface area contributed by atoms with Gasteiger partial charge in [-0.3, -0.25) is 0 Å². The summed E-state index contributed by atoms with van der Waals surface area (Å²) in [7, 11) is 4.17. The smallest absolute Gasteiger partial charge is 0.0498 e. The van der Waals surface area contributed by atoms with Gasteiger partial charge in [0.05, 0.1) is 0 Å². The molecule has 0 aliphatic rings. The molecule has 3 aromatic rings. The topological polar surface area (TPSA) is 45.0 Å². The molecule has 3 N–H and O–H groups in total. The van der Waals surface area contributed by atoms with E-state index in [0.29, 0.717) is 0 Å². The molecule has 3 heteroatoms. The summed E-state index contributed by atoms with van der Waals surface area (Å²) in [4.78, 5) is 5.87. The van der Waals surface area contributed by atoms with Gasteiger partial charge in [-0.2, -0.15) is 0 Å². The van der Waals surface area contributed by atoms with Gasteiger partial charge in [0.15, 0.2) is 0 Å². The summed E-state index contributed by atoms with van der Waals surface area (Å²) in [5.41, 5.74) is 14.8. The molecule has 0 unspecified atom stereocenters. The number of aromatic nitrogens is 1. The number of aryl methyl sites for hydroxylation is 3. The predicted molar refractivity (Wildman–Crippen MR) is 110 cm³/mol. The minimum Gasteiger partial charge on any atom is -0.378 e. The molecule has 0 fully saturated rings. The van der Waals surface area contributed by atoms with E-state index in [1.165, 1.54) is 44.5 Å². The number of rotatable bonds is 6. The zero-order valence-electron chi connectivity index (χ0n) is 15.8. The molecule has 0 saturated carbocycles. The van der Waals surface area contributed by atoms with E-state index in [1.54, 1.807) is 0 Å². The van der Waals surface area contributed by atoms with Crippen molar-refractivity contribution in [3.05, 3.63) is 53.1 Å². The highest BCUT2D eigenvalue weighted by Crippen LogP contribution is 2.35. The quantitative estimate of drug-likeness (QED) is 0.636. The van der Waals surface area contributed by atoms with Crippen molar-refractivity contribution >= 4 is 16.6 Å². The second kappa shape index (κ2) is 7.32. The minimum absolute atomic E-state index is 0.756. The van der Waals surface area contributed by atoms with E-state index >= 15 is 0 Å². The summed E-state index contributed by atoms with van der Waals surface area (Å²) in [5, 5.41) is 1.36. The number of benzene rings is 2. The maximum absolute atomic E-state index is 5.72. The molecule has 0 saturated heterocycles. The molecular formula is C22H29N3. The summed E-state index contributed by atoms with van der Waals surface area (Å²) < 4.78 is 0. The molecule has 3 rings (SSSR count). The molecular weight excluding hydrogens is 306 g/mol. The first-order valence-electron chi connectivity index (χ1n) is 9.11. The van der Waals surface area contributed by atoms with Crippen LogP contribution < -0.4 is 10.6 Å². The van der Waals surface area contributed by atoms with Crippen molar-refractivity contribution in [1.29, 1.82) is 0 Å². The van der Waals surface area contributed by atoms with E-state index in [4.69, 9.17) is 5.73 Å². The third-order valence-corrected chi connectivity index (χ3v) is 4.89. The zero-order chi connectivity index (χ0) is 18.0. The highest BCUT2D eigenvalue weighted by Gasteiger charge is 2.15. The third-order valence-electron chi connectivity index (χ3n) is 4.89. The van der Waals surface area contributed by atoms with Gasteiger partial charge in [-0.15, -0.1) is 0 Å². The van der Waals surface area contributed by atoms with Crippen molar-refractivity contribution < 1.29 is 0 Å². The van der Waals surface area contributed by atoms with E-state index in [2.05, 4.69) is 74.2 Å². The average Bonchev–Trinajstić information content (AvgIpc) is 2.94. The van der Waals surface area contributed by atoms with E-state index in [9.17, 15) is 0 Å². The Labute approximate surface area is 150 Å². The second-order valence-electron chi connectivity index (χ2n) is 7.17. The van der Waals surface area contributed by atoms with Crippen LogP contribution in [0, 0.1) is 13.8 Å². The summed E-state index contributed by atoms with van der Waals surface area (Å²) in [5.74, 6) is 0. The second-order valence-corrected chi connectivity index (χ2v) is 7.17. The van der Waals surface area contributed by atoms with Gasteiger partial charge in [0.1, 0.15) is 0 Å². The average molecular weight is 335 g/mol. The number of nitrogens with zero attached hydrogens (tertiary/aromatic N) is 1. The first kappa shape index (κ1) is 17.6. The predicted octanol–water partition coefficient (Wildman–Crippen LogP) is 4.80. The lowest BCUT2D eigenvalue weighted by molar-refractivity contribution is 0.748. The van der Waals surface area contributed by atoms with Crippen molar-refractivity contribution in [2.75, 3.05) is 25.5 Å². The van der Waals surface area contributed by atoms with Crippen LogP contribution in [0.15, 0.2) is 36.4 Å². The van der Waals surface area contributed by atoms with Gasteiger partial charge in [0, 0.05) is 41.9 Å². The van der Waals surface area contributed by atoms with Crippen LogP contribution in [-0.4, -0.2) is 25.6 Å². The lowest BCUT2D eigenvalue weighted by atomic mass is 9.98. The van der Waals surface area contributed by atoms with Gasteiger partial charge in [-0.25, -0.2) is 0 Å². The molecule has 0 aliphatic carbocycles. The molecule has 25 heavy (non-hydrogen) atoms. The number of hydrogen-bond donors (Lipinski definition) is 2. The Morgan fingerprint density at radius 1 is 1.04 bits per heavy atom. The maximum atomic E-state index is 5.72. The standard InChI is InChI=1S/C22H29N3/c1-15-12-16(2)21-20(13-15)19(10-5-6-11-23)22(24-21)17-8-7-9-18(14-17)25(3)4/h7-9,12-14,24H,5-6,10-11,23H2,1-4H3. The molecule has 0 amide bonds. The van der Waals surface area contributed by atoms with Crippen LogP contribution >= 0.6 is 0 Å². The van der Waals surface area contributed by atoms with Crippen molar-refractivity contribution in [1.82, 2.24) is 4.98 Å². The van der Waals surface area contributed by atoms with E-state index < -0.39 is 0 Å². The molecule has 1 aromatic heterocycles. The molecule has 0 radical (unpaired) electrons. The molecule has 0 atom stereocenters. The molecule has 1 heterocycles. The van der Waals surface area contributed by atoms with E-state index in [0.717, 1.165) is 25.8 Å². The van der Waals surface area contributed by atoms with Gasteiger partial charge in [-0.1, -0.05) is 23.8 Å². The highest BCUT2D eigenvalue weighted by molar-refractivity contribution is 5.93. The number of anilines is 1. The Bertz CT molecular complexity index is 874. The fourth-order valence-electron chi connectivity index (χ4n) is 3.60. The van der Waals surface area contributed by atoms with Crippen LogP contribution in [0.5, 0.6) is 0 Å². The van der Waals surface area contributed by atoms with Gasteiger partial charge in [0.25, 0.3) is 0 Å². The number of unbranched alkanes of at least 4 members (excludes halogenated alkanes) is 1. The number of nitrogens with two attached hydrogens (primary N) is 1. The Morgan fingerprint density at radius 3 is 2.56 bits per heavy atom. The van der Waals surface area contributed by atoms with E-state index in [-0.39, 0.29) is 0 Å². The SMILES string of the molecule is Cc1cc(C)c2[nH]c(-c3cccc(N(C)C)c3)c(CCCCN)c2c1. The Kier molecular flexibility index (Phi) is 5.14. The molecule has 2 aromatic carbocycles. The van der Waals surface area contributed by atoms with Crippen molar-refractivity contribution in [3.63, 3.8) is 0 Å². The van der Waals surface area contributed by atoms with Gasteiger partial charge in [0.2, 0.25) is 0 Å². The minimum atomic E-state index is 0.756. The fourth-order valence-corrected chi connectivity index (χ4v) is 3.60. The zero-order valence-corrected chi connectivity index (χ0v) is 15.8. The number of fused-ring (bicyclic) bond motifs is 1. The Hall–Kier alpha value is -2.26. The molecule has 132 valence electrons. The summed E-state index contributed by atoms with van der Waals surface area (Å²) >= 11 is 0. The number of nitrogens with one attached hydrogen (secondary N) is 1. The lowest BCUT2D eigenvalue weighted by Crippen LogP contribution is -2.08. The van der Waals surface area contributed by atoms with Crippen LogP contribution in [0.3, 0.4) is 0 Å². The monoisotopic (exact) mass is 335 g/mol. The Balaban J connectivity index is 2.17. The molecule has 3 nitrogen and oxygen atoms in total. The molecule has 0 bridgehead atoms.